The van der Waals surface area contributed by atoms with E-state index in [2.05, 4.69) is 15.9 Å². The molecule has 0 unspecified atom stereocenters. The van der Waals surface area contributed by atoms with Crippen molar-refractivity contribution in [3.8, 4) is 5.75 Å². The van der Waals surface area contributed by atoms with Crippen LogP contribution < -0.4 is 4.74 Å². The summed E-state index contributed by atoms with van der Waals surface area (Å²) in [5, 5.41) is 0. The van der Waals surface area contributed by atoms with Crippen LogP contribution in [0.2, 0.25) is 0 Å². The van der Waals surface area contributed by atoms with Crippen molar-refractivity contribution in [2.24, 2.45) is 0 Å². The average molecular weight is 383 g/mol. The zero-order valence-corrected chi connectivity index (χ0v) is 14.4. The Bertz CT molecular complexity index is 770. The standard InChI is InChI=1S/C16H15BrO4S/c1-22(19,20)11-15(18)14-8-7-13(17)9-16(14)21-10-12-5-3-2-4-6-12/h2-9H,10-11H2,1H3. The van der Waals surface area contributed by atoms with Crippen molar-refractivity contribution in [3.63, 3.8) is 0 Å². The molecule has 0 saturated carbocycles. The molecule has 0 fully saturated rings. The van der Waals surface area contributed by atoms with Gasteiger partial charge < -0.3 is 4.74 Å². The number of carbonyl (C=O) groups is 1. The molecule has 0 amide bonds. The van der Waals surface area contributed by atoms with Crippen molar-refractivity contribution in [1.29, 1.82) is 0 Å². The Morgan fingerprint density at radius 3 is 2.45 bits per heavy atom. The lowest BCUT2D eigenvalue weighted by molar-refractivity contribution is 0.101. The van der Waals surface area contributed by atoms with Crippen LogP contribution in [0.15, 0.2) is 53.0 Å². The van der Waals surface area contributed by atoms with Crippen LogP contribution >= 0.6 is 15.9 Å². The molecule has 116 valence electrons. The Morgan fingerprint density at radius 2 is 1.82 bits per heavy atom. The number of halogens is 1. The molecule has 0 N–H and O–H groups in total. The van der Waals surface area contributed by atoms with Gasteiger partial charge in [0.1, 0.15) is 18.1 Å². The number of Topliss-reactive ketones (excluding diaryl/α,β-unsaturated/α-hetero) is 1. The summed E-state index contributed by atoms with van der Waals surface area (Å²) in [6.07, 6.45) is 1.04. The molecule has 0 heterocycles. The highest BCUT2D eigenvalue weighted by molar-refractivity contribution is 9.10. The van der Waals surface area contributed by atoms with Crippen LogP contribution in [0.3, 0.4) is 0 Å². The van der Waals surface area contributed by atoms with Crippen molar-refractivity contribution in [3.05, 3.63) is 64.1 Å². The van der Waals surface area contributed by atoms with Crippen molar-refractivity contribution in [1.82, 2.24) is 0 Å². The molecule has 0 aromatic heterocycles. The van der Waals surface area contributed by atoms with Crippen molar-refractivity contribution < 1.29 is 17.9 Å². The van der Waals surface area contributed by atoms with Gasteiger partial charge in [-0.15, -0.1) is 0 Å². The Hall–Kier alpha value is -1.66. The summed E-state index contributed by atoms with van der Waals surface area (Å²) in [7, 11) is -3.38. The number of rotatable bonds is 6. The van der Waals surface area contributed by atoms with Gasteiger partial charge in [0.15, 0.2) is 15.6 Å². The lowest BCUT2D eigenvalue weighted by atomic mass is 10.1. The molecule has 0 spiro atoms. The largest absolute Gasteiger partial charge is 0.488 e. The average Bonchev–Trinajstić information content (AvgIpc) is 2.44. The molecule has 2 aromatic carbocycles. The maximum atomic E-state index is 12.1. The van der Waals surface area contributed by atoms with Gasteiger partial charge in [-0.25, -0.2) is 8.42 Å². The molecule has 6 heteroatoms. The summed E-state index contributed by atoms with van der Waals surface area (Å²) < 4.78 is 29.1. The van der Waals surface area contributed by atoms with Crippen LogP contribution in [-0.4, -0.2) is 26.2 Å². The Balaban J connectivity index is 2.22. The van der Waals surface area contributed by atoms with E-state index >= 15 is 0 Å². The second-order valence-electron chi connectivity index (χ2n) is 4.91. The SMILES string of the molecule is CS(=O)(=O)CC(=O)c1ccc(Br)cc1OCc1ccccc1. The Morgan fingerprint density at radius 1 is 1.14 bits per heavy atom. The first kappa shape index (κ1) is 16.7. The van der Waals surface area contributed by atoms with Crippen molar-refractivity contribution in [2.75, 3.05) is 12.0 Å². The van der Waals surface area contributed by atoms with Gasteiger partial charge in [0.2, 0.25) is 0 Å². The van der Waals surface area contributed by atoms with Gasteiger partial charge in [0.05, 0.1) is 5.56 Å². The quantitative estimate of drug-likeness (QED) is 0.719. The lowest BCUT2D eigenvalue weighted by Crippen LogP contribution is -2.15. The van der Waals surface area contributed by atoms with E-state index in [-0.39, 0.29) is 5.56 Å². The van der Waals surface area contributed by atoms with Crippen LogP contribution in [0, 0.1) is 0 Å². The maximum Gasteiger partial charge on any atom is 0.181 e. The van der Waals surface area contributed by atoms with Gasteiger partial charge in [0, 0.05) is 10.7 Å². The van der Waals surface area contributed by atoms with Crippen molar-refractivity contribution >= 4 is 31.6 Å². The van der Waals surface area contributed by atoms with E-state index in [4.69, 9.17) is 4.74 Å². The van der Waals surface area contributed by atoms with Gasteiger partial charge in [-0.05, 0) is 23.8 Å². The molecule has 0 aliphatic heterocycles. The third kappa shape index (κ3) is 4.96. The minimum atomic E-state index is -3.38. The Labute approximate surface area is 138 Å². The topological polar surface area (TPSA) is 60.4 Å². The fraction of sp³-hybridized carbons (Fsp3) is 0.188. The number of ether oxygens (including phenoxy) is 1. The smallest absolute Gasteiger partial charge is 0.181 e. The number of carbonyl (C=O) groups excluding carboxylic acids is 1. The van der Waals surface area contributed by atoms with E-state index in [1.807, 2.05) is 30.3 Å². The monoisotopic (exact) mass is 382 g/mol. The molecular weight excluding hydrogens is 368 g/mol. The predicted octanol–water partition coefficient (Wildman–Crippen LogP) is 3.26. The number of hydrogen-bond donors (Lipinski definition) is 0. The molecule has 0 aliphatic carbocycles. The predicted molar refractivity (Wildman–Crippen MR) is 89.0 cm³/mol. The lowest BCUT2D eigenvalue weighted by Gasteiger charge is -2.11. The van der Waals surface area contributed by atoms with Gasteiger partial charge in [-0.3, -0.25) is 4.79 Å². The van der Waals surface area contributed by atoms with E-state index in [0.29, 0.717) is 12.4 Å². The summed E-state index contributed by atoms with van der Waals surface area (Å²) in [6, 6.07) is 14.4. The van der Waals surface area contributed by atoms with Crippen LogP contribution in [0.1, 0.15) is 15.9 Å². The Kier molecular flexibility index (Phi) is 5.37. The molecule has 0 bridgehead atoms. The zero-order chi connectivity index (χ0) is 16.2. The molecule has 0 atom stereocenters. The number of ketones is 1. The minimum Gasteiger partial charge on any atom is -0.488 e. The zero-order valence-electron chi connectivity index (χ0n) is 12.0. The molecule has 2 rings (SSSR count). The minimum absolute atomic E-state index is 0.268. The maximum absolute atomic E-state index is 12.1. The summed E-state index contributed by atoms with van der Waals surface area (Å²) in [5.74, 6) is -0.638. The highest BCUT2D eigenvalue weighted by atomic mass is 79.9. The van der Waals surface area contributed by atoms with E-state index in [1.54, 1.807) is 18.2 Å². The molecule has 0 aliphatic rings. The first-order valence-corrected chi connectivity index (χ1v) is 9.38. The van der Waals surface area contributed by atoms with Crippen molar-refractivity contribution in [2.45, 2.75) is 6.61 Å². The van der Waals surface area contributed by atoms with E-state index in [9.17, 15) is 13.2 Å². The van der Waals surface area contributed by atoms with Crippen LogP contribution in [0.25, 0.3) is 0 Å². The summed E-state index contributed by atoms with van der Waals surface area (Å²) in [6.45, 7) is 0.302. The number of sulfone groups is 1. The third-order valence-electron chi connectivity index (χ3n) is 2.87. The van der Waals surface area contributed by atoms with Gasteiger partial charge >= 0.3 is 0 Å². The van der Waals surface area contributed by atoms with Crippen LogP contribution in [0.5, 0.6) is 5.75 Å². The number of hydrogen-bond acceptors (Lipinski definition) is 4. The second-order valence-corrected chi connectivity index (χ2v) is 7.96. The van der Waals surface area contributed by atoms with E-state index in [0.717, 1.165) is 16.3 Å². The molecule has 22 heavy (non-hydrogen) atoms. The molecule has 4 nitrogen and oxygen atoms in total. The summed E-state index contributed by atoms with van der Waals surface area (Å²) in [4.78, 5) is 12.1. The van der Waals surface area contributed by atoms with E-state index < -0.39 is 21.4 Å². The summed E-state index contributed by atoms with van der Waals surface area (Å²) >= 11 is 3.32. The van der Waals surface area contributed by atoms with Crippen LogP contribution in [0.4, 0.5) is 0 Å². The molecule has 0 saturated heterocycles. The van der Waals surface area contributed by atoms with Crippen LogP contribution in [-0.2, 0) is 16.4 Å². The fourth-order valence-corrected chi connectivity index (χ4v) is 2.87. The normalized spacial score (nSPS) is 11.2. The molecular formula is C16H15BrO4S. The van der Waals surface area contributed by atoms with Gasteiger partial charge in [-0.2, -0.15) is 0 Å². The van der Waals surface area contributed by atoms with E-state index in [1.165, 1.54) is 0 Å². The number of benzene rings is 2. The molecule has 2 aromatic rings. The first-order valence-electron chi connectivity index (χ1n) is 6.52. The molecule has 0 radical (unpaired) electrons. The van der Waals surface area contributed by atoms with Gasteiger partial charge in [-0.1, -0.05) is 46.3 Å². The fourth-order valence-electron chi connectivity index (χ4n) is 1.90. The highest BCUT2D eigenvalue weighted by Gasteiger charge is 2.18. The first-order chi connectivity index (χ1) is 10.3. The highest BCUT2D eigenvalue weighted by Crippen LogP contribution is 2.25. The second kappa shape index (κ2) is 7.07. The summed E-state index contributed by atoms with van der Waals surface area (Å²) in [5.41, 5.74) is 1.23. The van der Waals surface area contributed by atoms with Gasteiger partial charge in [0.25, 0.3) is 0 Å². The third-order valence-corrected chi connectivity index (χ3v) is 4.15.